The van der Waals surface area contributed by atoms with E-state index in [1.807, 2.05) is 79.0 Å². The van der Waals surface area contributed by atoms with Crippen molar-refractivity contribution in [3.63, 3.8) is 0 Å². The van der Waals surface area contributed by atoms with Crippen LogP contribution in [-0.2, 0) is 9.53 Å². The molecule has 0 aliphatic carbocycles. The second kappa shape index (κ2) is 10.2. The third-order valence-corrected chi connectivity index (χ3v) is 7.56. The number of ether oxygens (including phenoxy) is 2. The zero-order valence-electron chi connectivity index (χ0n) is 21.3. The number of aromatic nitrogens is 3. The Hall–Kier alpha value is -4.76. The number of aromatic amines is 1. The normalized spacial score (nSPS) is 15.2. The first-order valence-corrected chi connectivity index (χ1v) is 13.3. The van der Waals surface area contributed by atoms with Crippen LogP contribution < -0.4 is 19.6 Å². The molecule has 3 aromatic heterocycles. The van der Waals surface area contributed by atoms with Crippen molar-refractivity contribution in [3.05, 3.63) is 121 Å². The molecule has 1 aliphatic rings. The molecule has 8 nitrogen and oxygen atoms in total. The van der Waals surface area contributed by atoms with Crippen LogP contribution in [0.5, 0.6) is 5.75 Å². The number of esters is 1. The van der Waals surface area contributed by atoms with Gasteiger partial charge in [-0.05, 0) is 31.2 Å². The summed E-state index contributed by atoms with van der Waals surface area (Å²) in [6, 6.07) is 19.8. The number of carbonyl (C=O) groups excluding carboxylic acids is 1. The lowest BCUT2D eigenvalue weighted by Gasteiger charge is -2.27. The molecule has 0 saturated carbocycles. The Balaban J connectivity index is 1.68. The lowest BCUT2D eigenvalue weighted by Crippen LogP contribution is -2.40. The number of rotatable bonds is 6. The summed E-state index contributed by atoms with van der Waals surface area (Å²) >= 11 is 1.27. The van der Waals surface area contributed by atoms with Crippen molar-refractivity contribution in [2.75, 3.05) is 13.7 Å². The standard InChI is InChI=1S/C30H24N4O4S/c1-3-38-29(36)24-25(18-10-5-4-6-11-18)33-30-34(26(24)21-12-7-8-14-22(21)37-2)28(35)23(39-30)16-19-17-32-27-20(19)13-9-15-31-27/h4-17,26H,3H2,1-2H3,(H,31,32)/b23-16-. The monoisotopic (exact) mass is 536 g/mol. The fourth-order valence-electron chi connectivity index (χ4n) is 4.86. The Bertz CT molecular complexity index is 1920. The minimum atomic E-state index is -0.807. The van der Waals surface area contributed by atoms with Crippen LogP contribution >= 0.6 is 11.3 Å². The summed E-state index contributed by atoms with van der Waals surface area (Å²) in [5, 5.41) is 0.904. The SMILES string of the molecule is CCOC(=O)C1=C(c2ccccc2)N=c2s/c(=C\c3c[nH]c4ncccc34)c(=O)n2C1c1ccccc1OC. The Morgan fingerprint density at radius 2 is 1.90 bits per heavy atom. The molecule has 194 valence electrons. The maximum absolute atomic E-state index is 14.1. The van der Waals surface area contributed by atoms with E-state index < -0.39 is 12.0 Å². The molecule has 1 aliphatic heterocycles. The van der Waals surface area contributed by atoms with Gasteiger partial charge in [-0.25, -0.2) is 14.8 Å². The minimum Gasteiger partial charge on any atom is -0.496 e. The summed E-state index contributed by atoms with van der Waals surface area (Å²) < 4.78 is 13.3. The highest BCUT2D eigenvalue weighted by Crippen LogP contribution is 2.38. The van der Waals surface area contributed by atoms with Crippen LogP contribution in [0.1, 0.15) is 29.7 Å². The first-order chi connectivity index (χ1) is 19.1. The number of methoxy groups -OCH3 is 1. The van der Waals surface area contributed by atoms with E-state index in [1.54, 1.807) is 24.8 Å². The fraction of sp³-hybridized carbons (Fsp3) is 0.133. The molecule has 1 N–H and O–H groups in total. The lowest BCUT2D eigenvalue weighted by atomic mass is 9.92. The second-order valence-corrected chi connectivity index (χ2v) is 9.83. The van der Waals surface area contributed by atoms with E-state index >= 15 is 0 Å². The lowest BCUT2D eigenvalue weighted by molar-refractivity contribution is -0.138. The van der Waals surface area contributed by atoms with Gasteiger partial charge in [0.25, 0.3) is 5.56 Å². The highest BCUT2D eigenvalue weighted by atomic mass is 32.1. The number of para-hydroxylation sites is 1. The number of nitrogens with zero attached hydrogens (tertiary/aromatic N) is 3. The number of thiazole rings is 1. The maximum atomic E-state index is 14.1. The molecule has 1 unspecified atom stereocenters. The molecular weight excluding hydrogens is 512 g/mol. The van der Waals surface area contributed by atoms with Gasteiger partial charge < -0.3 is 14.5 Å². The van der Waals surface area contributed by atoms with Crippen LogP contribution in [0.4, 0.5) is 0 Å². The second-order valence-electron chi connectivity index (χ2n) is 8.82. The molecule has 0 saturated heterocycles. The average Bonchev–Trinajstić information content (AvgIpc) is 3.53. The largest absolute Gasteiger partial charge is 0.496 e. The molecule has 1 atom stereocenters. The van der Waals surface area contributed by atoms with E-state index in [2.05, 4.69) is 9.97 Å². The summed E-state index contributed by atoms with van der Waals surface area (Å²) in [6.07, 6.45) is 5.37. The highest BCUT2D eigenvalue weighted by molar-refractivity contribution is 7.07. The predicted molar refractivity (Wildman–Crippen MR) is 150 cm³/mol. The molecule has 9 heteroatoms. The van der Waals surface area contributed by atoms with E-state index in [1.165, 1.54) is 11.3 Å². The number of pyridine rings is 1. The summed E-state index contributed by atoms with van der Waals surface area (Å²) in [4.78, 5) is 40.5. The maximum Gasteiger partial charge on any atom is 0.338 e. The van der Waals surface area contributed by atoms with Crippen molar-refractivity contribution >= 4 is 40.1 Å². The molecule has 0 spiro atoms. The molecule has 0 amide bonds. The molecule has 4 heterocycles. The van der Waals surface area contributed by atoms with Gasteiger partial charge in [-0.3, -0.25) is 9.36 Å². The van der Waals surface area contributed by atoms with Crippen LogP contribution in [0.25, 0.3) is 22.8 Å². The predicted octanol–water partition coefficient (Wildman–Crippen LogP) is 3.82. The van der Waals surface area contributed by atoms with Gasteiger partial charge in [0.1, 0.15) is 17.4 Å². The molecule has 39 heavy (non-hydrogen) atoms. The summed E-state index contributed by atoms with van der Waals surface area (Å²) in [7, 11) is 1.57. The summed E-state index contributed by atoms with van der Waals surface area (Å²) in [5.41, 5.74) is 3.47. The fourth-order valence-corrected chi connectivity index (χ4v) is 5.86. The molecule has 2 aromatic carbocycles. The van der Waals surface area contributed by atoms with E-state index in [0.717, 1.165) is 22.2 Å². The number of fused-ring (bicyclic) bond motifs is 2. The third-order valence-electron chi connectivity index (χ3n) is 6.58. The number of hydrogen-bond donors (Lipinski definition) is 1. The van der Waals surface area contributed by atoms with E-state index in [9.17, 15) is 9.59 Å². The molecule has 0 bridgehead atoms. The molecule has 0 radical (unpaired) electrons. The summed E-state index contributed by atoms with van der Waals surface area (Å²) in [5.74, 6) is 0.0175. The smallest absolute Gasteiger partial charge is 0.338 e. The quantitative estimate of drug-likeness (QED) is 0.333. The van der Waals surface area contributed by atoms with Gasteiger partial charge >= 0.3 is 5.97 Å². The van der Waals surface area contributed by atoms with Crippen molar-refractivity contribution in [3.8, 4) is 5.75 Å². The molecule has 5 aromatic rings. The Morgan fingerprint density at radius 1 is 1.10 bits per heavy atom. The zero-order chi connectivity index (χ0) is 26.9. The third kappa shape index (κ3) is 4.26. The van der Waals surface area contributed by atoms with Crippen LogP contribution in [0.15, 0.2) is 94.5 Å². The first-order valence-electron chi connectivity index (χ1n) is 12.4. The average molecular weight is 537 g/mol. The van der Waals surface area contributed by atoms with Gasteiger partial charge in [0.05, 0.1) is 29.5 Å². The van der Waals surface area contributed by atoms with Gasteiger partial charge in [-0.1, -0.05) is 59.9 Å². The first kappa shape index (κ1) is 24.6. The Morgan fingerprint density at radius 3 is 2.69 bits per heavy atom. The van der Waals surface area contributed by atoms with Gasteiger partial charge in [-0.15, -0.1) is 0 Å². The topological polar surface area (TPSA) is 98.6 Å². The number of H-pyrrole nitrogens is 1. The molecule has 6 rings (SSSR count). The van der Waals surface area contributed by atoms with E-state index in [4.69, 9.17) is 14.5 Å². The number of benzene rings is 2. The van der Waals surface area contributed by atoms with Crippen LogP contribution in [-0.4, -0.2) is 34.2 Å². The van der Waals surface area contributed by atoms with Crippen LogP contribution in [0, 0.1) is 0 Å². The molecule has 0 fully saturated rings. The van der Waals surface area contributed by atoms with E-state index in [-0.39, 0.29) is 17.7 Å². The van der Waals surface area contributed by atoms with Crippen molar-refractivity contribution < 1.29 is 14.3 Å². The van der Waals surface area contributed by atoms with Crippen molar-refractivity contribution in [2.24, 2.45) is 4.99 Å². The van der Waals surface area contributed by atoms with Gasteiger partial charge in [0, 0.05) is 34.5 Å². The molecular formula is C30H24N4O4S. The van der Waals surface area contributed by atoms with Crippen molar-refractivity contribution in [1.29, 1.82) is 0 Å². The number of nitrogens with one attached hydrogen (secondary N) is 1. The van der Waals surface area contributed by atoms with E-state index in [0.29, 0.717) is 26.3 Å². The zero-order valence-corrected chi connectivity index (χ0v) is 22.1. The van der Waals surface area contributed by atoms with Crippen LogP contribution in [0.2, 0.25) is 0 Å². The van der Waals surface area contributed by atoms with Crippen molar-refractivity contribution in [2.45, 2.75) is 13.0 Å². The van der Waals surface area contributed by atoms with Crippen LogP contribution in [0.3, 0.4) is 0 Å². The highest BCUT2D eigenvalue weighted by Gasteiger charge is 2.36. The minimum absolute atomic E-state index is 0.183. The van der Waals surface area contributed by atoms with Gasteiger partial charge in [0.2, 0.25) is 0 Å². The number of carbonyl (C=O) groups is 1. The van der Waals surface area contributed by atoms with Crippen molar-refractivity contribution in [1.82, 2.24) is 14.5 Å². The number of hydrogen-bond acceptors (Lipinski definition) is 7. The Labute approximate surface area is 227 Å². The van der Waals surface area contributed by atoms with Gasteiger partial charge in [-0.2, -0.15) is 0 Å². The Kier molecular flexibility index (Phi) is 6.42. The summed E-state index contributed by atoms with van der Waals surface area (Å²) in [6.45, 7) is 1.94. The van der Waals surface area contributed by atoms with Gasteiger partial charge in [0.15, 0.2) is 4.80 Å².